The molecule has 0 saturated carbocycles. The average molecular weight is 460 g/mol. The molecular weight excluding hydrogens is 443 g/mol. The zero-order valence-corrected chi connectivity index (χ0v) is 16.8. The van der Waals surface area contributed by atoms with E-state index in [1.165, 1.54) is 21.7 Å². The van der Waals surface area contributed by atoms with E-state index in [1.54, 1.807) is 11.3 Å². The van der Waals surface area contributed by atoms with Crippen LogP contribution in [0.1, 0.15) is 27.7 Å². The predicted molar refractivity (Wildman–Crippen MR) is 110 cm³/mol. The lowest BCUT2D eigenvalue weighted by Gasteiger charge is -2.17. The second-order valence-electron chi connectivity index (χ2n) is 5.95. The van der Waals surface area contributed by atoms with Gasteiger partial charge < -0.3 is 4.57 Å². The van der Waals surface area contributed by atoms with Gasteiger partial charge in [0.25, 0.3) is 5.91 Å². The van der Waals surface area contributed by atoms with E-state index in [2.05, 4.69) is 63.3 Å². The van der Waals surface area contributed by atoms with Crippen molar-refractivity contribution in [1.29, 1.82) is 0 Å². The Morgan fingerprint density at radius 3 is 2.72 bits per heavy atom. The summed E-state index contributed by atoms with van der Waals surface area (Å²) in [6.45, 7) is 2.91. The van der Waals surface area contributed by atoms with Crippen LogP contribution in [-0.4, -0.2) is 10.5 Å². The van der Waals surface area contributed by atoms with Crippen LogP contribution in [0.3, 0.4) is 0 Å². The van der Waals surface area contributed by atoms with Crippen molar-refractivity contribution in [2.75, 3.05) is 0 Å². The van der Waals surface area contributed by atoms with Crippen molar-refractivity contribution >= 4 is 39.8 Å². The number of carbonyl (C=O) groups excluding carboxylic acids is 1. The lowest BCUT2D eigenvalue weighted by atomic mass is 9.93. The maximum Gasteiger partial charge on any atom is 0.280 e. The van der Waals surface area contributed by atoms with Gasteiger partial charge in [-0.15, -0.1) is 11.3 Å². The molecule has 1 aromatic heterocycles. The van der Waals surface area contributed by atoms with Crippen molar-refractivity contribution in [3.63, 3.8) is 0 Å². The molecule has 1 heterocycles. The van der Waals surface area contributed by atoms with Gasteiger partial charge >= 0.3 is 0 Å². The number of halogens is 1. The van der Waals surface area contributed by atoms with Crippen molar-refractivity contribution in [3.8, 4) is 11.3 Å². The van der Waals surface area contributed by atoms with E-state index in [0.717, 1.165) is 27.8 Å². The molecule has 0 unspecified atom stereocenters. The summed E-state index contributed by atoms with van der Waals surface area (Å²) in [4.78, 5) is 19.3. The summed E-state index contributed by atoms with van der Waals surface area (Å²) in [6.07, 6.45) is 2.07. The number of amides is 1. The van der Waals surface area contributed by atoms with Gasteiger partial charge in [0, 0.05) is 20.6 Å². The number of thiazole rings is 1. The van der Waals surface area contributed by atoms with Crippen LogP contribution < -0.4 is 4.80 Å². The van der Waals surface area contributed by atoms with Crippen LogP contribution in [0, 0.1) is 3.57 Å². The second kappa shape index (κ2) is 6.88. The van der Waals surface area contributed by atoms with Gasteiger partial charge in [0.05, 0.1) is 11.3 Å². The molecule has 4 rings (SSSR count). The Hall–Kier alpha value is -1.73. The highest BCUT2D eigenvalue weighted by atomic mass is 127. The van der Waals surface area contributed by atoms with Crippen molar-refractivity contribution in [3.05, 3.63) is 72.9 Å². The minimum atomic E-state index is -0.168. The Morgan fingerprint density at radius 1 is 1.16 bits per heavy atom. The molecular formula is C20H17IN2OS. The standard InChI is InChI=1S/C20H17IN2OS/c1-2-23-18-14-8-4-3-7-13(14)11-12-17(18)25-20(23)22-19(24)15-9-5-6-10-16(15)21/h3-10H,2,11-12H2,1H3. The first-order valence-corrected chi connectivity index (χ1v) is 10.2. The van der Waals surface area contributed by atoms with Gasteiger partial charge in [0.2, 0.25) is 0 Å². The van der Waals surface area contributed by atoms with Crippen LogP contribution in [0.15, 0.2) is 53.5 Å². The van der Waals surface area contributed by atoms with Crippen molar-refractivity contribution in [2.24, 2.45) is 4.99 Å². The molecule has 0 saturated heterocycles. The minimum Gasteiger partial charge on any atom is -0.316 e. The number of fused-ring (bicyclic) bond motifs is 3. The lowest BCUT2D eigenvalue weighted by molar-refractivity contribution is 0.0997. The quantitative estimate of drug-likeness (QED) is 0.512. The lowest BCUT2D eigenvalue weighted by Crippen LogP contribution is -2.18. The van der Waals surface area contributed by atoms with E-state index in [4.69, 9.17) is 0 Å². The fourth-order valence-electron chi connectivity index (χ4n) is 3.30. The van der Waals surface area contributed by atoms with E-state index in [1.807, 2.05) is 24.3 Å². The van der Waals surface area contributed by atoms with Crippen LogP contribution in [-0.2, 0) is 19.4 Å². The van der Waals surface area contributed by atoms with Crippen molar-refractivity contribution in [1.82, 2.24) is 4.57 Å². The summed E-state index contributed by atoms with van der Waals surface area (Å²) in [5.41, 5.74) is 4.57. The zero-order chi connectivity index (χ0) is 17.4. The minimum absolute atomic E-state index is 0.168. The van der Waals surface area contributed by atoms with E-state index in [9.17, 15) is 4.79 Å². The molecule has 0 fully saturated rings. The maximum atomic E-state index is 12.7. The maximum absolute atomic E-state index is 12.7. The van der Waals surface area contributed by atoms with E-state index in [-0.39, 0.29) is 5.91 Å². The Morgan fingerprint density at radius 2 is 1.92 bits per heavy atom. The SMILES string of the molecule is CCn1c2c(sc1=NC(=O)c1ccccc1I)CCc1ccccc1-2. The van der Waals surface area contributed by atoms with Gasteiger partial charge in [-0.2, -0.15) is 4.99 Å². The highest BCUT2D eigenvalue weighted by molar-refractivity contribution is 14.1. The molecule has 1 amide bonds. The van der Waals surface area contributed by atoms with Gasteiger partial charge in [-0.05, 0) is 60.1 Å². The monoisotopic (exact) mass is 460 g/mol. The molecule has 0 radical (unpaired) electrons. The Bertz CT molecular complexity index is 1030. The number of aryl methyl sites for hydroxylation is 2. The summed E-state index contributed by atoms with van der Waals surface area (Å²) >= 11 is 3.84. The Balaban J connectivity index is 1.87. The number of carbonyl (C=O) groups is 1. The molecule has 1 aliphatic carbocycles. The van der Waals surface area contributed by atoms with E-state index >= 15 is 0 Å². The fraction of sp³-hybridized carbons (Fsp3) is 0.200. The molecule has 3 aromatic rings. The Labute approximate surface area is 164 Å². The summed E-state index contributed by atoms with van der Waals surface area (Å²) in [6, 6.07) is 16.2. The summed E-state index contributed by atoms with van der Waals surface area (Å²) in [5.74, 6) is -0.168. The third kappa shape index (κ3) is 3.00. The molecule has 5 heteroatoms. The number of benzene rings is 2. The highest BCUT2D eigenvalue weighted by Crippen LogP contribution is 2.34. The topological polar surface area (TPSA) is 34.4 Å². The van der Waals surface area contributed by atoms with Crippen LogP contribution in [0.5, 0.6) is 0 Å². The molecule has 3 nitrogen and oxygen atoms in total. The smallest absolute Gasteiger partial charge is 0.280 e. The third-order valence-corrected chi connectivity index (χ3v) is 6.57. The van der Waals surface area contributed by atoms with Crippen LogP contribution in [0.25, 0.3) is 11.3 Å². The molecule has 0 bridgehead atoms. The molecule has 1 aliphatic rings. The van der Waals surface area contributed by atoms with Crippen LogP contribution in [0.4, 0.5) is 0 Å². The number of hydrogen-bond donors (Lipinski definition) is 0. The van der Waals surface area contributed by atoms with Gasteiger partial charge in [0.15, 0.2) is 4.80 Å². The summed E-state index contributed by atoms with van der Waals surface area (Å²) < 4.78 is 3.12. The number of aromatic nitrogens is 1. The van der Waals surface area contributed by atoms with E-state index < -0.39 is 0 Å². The Kier molecular flexibility index (Phi) is 4.60. The number of nitrogens with zero attached hydrogens (tertiary/aromatic N) is 2. The van der Waals surface area contributed by atoms with Gasteiger partial charge in [-0.3, -0.25) is 4.79 Å². The normalized spacial score (nSPS) is 13.4. The largest absolute Gasteiger partial charge is 0.316 e. The first kappa shape index (κ1) is 16.7. The number of hydrogen-bond acceptors (Lipinski definition) is 2. The third-order valence-electron chi connectivity index (χ3n) is 4.49. The molecule has 126 valence electrons. The molecule has 0 spiro atoms. The van der Waals surface area contributed by atoms with Gasteiger partial charge in [-0.25, -0.2) is 0 Å². The first-order chi connectivity index (χ1) is 12.2. The van der Waals surface area contributed by atoms with Crippen LogP contribution in [0.2, 0.25) is 0 Å². The van der Waals surface area contributed by atoms with Crippen molar-refractivity contribution in [2.45, 2.75) is 26.3 Å². The first-order valence-electron chi connectivity index (χ1n) is 8.33. The summed E-state index contributed by atoms with van der Waals surface area (Å²) in [7, 11) is 0. The molecule has 2 aromatic carbocycles. The van der Waals surface area contributed by atoms with E-state index in [0.29, 0.717) is 5.56 Å². The second-order valence-corrected chi connectivity index (χ2v) is 8.18. The van der Waals surface area contributed by atoms with Crippen molar-refractivity contribution < 1.29 is 4.79 Å². The van der Waals surface area contributed by atoms with Gasteiger partial charge in [0.1, 0.15) is 0 Å². The summed E-state index contributed by atoms with van der Waals surface area (Å²) in [5, 5.41) is 0. The van der Waals surface area contributed by atoms with Crippen LogP contribution >= 0.6 is 33.9 Å². The fourth-order valence-corrected chi connectivity index (χ4v) is 5.12. The zero-order valence-electron chi connectivity index (χ0n) is 13.8. The molecule has 0 atom stereocenters. The molecule has 0 aliphatic heterocycles. The predicted octanol–water partition coefficient (Wildman–Crippen LogP) is 4.68. The average Bonchev–Trinajstić information content (AvgIpc) is 2.99. The molecule has 25 heavy (non-hydrogen) atoms. The molecule has 0 N–H and O–H groups in total. The highest BCUT2D eigenvalue weighted by Gasteiger charge is 2.22. The number of rotatable bonds is 2. The van der Waals surface area contributed by atoms with Gasteiger partial charge in [-0.1, -0.05) is 36.4 Å².